The molecule has 0 bridgehead atoms. The van der Waals surface area contributed by atoms with Gasteiger partial charge < -0.3 is 10.1 Å². The smallest absolute Gasteiger partial charge is 0.0722 e. The molecule has 0 radical (unpaired) electrons. The van der Waals surface area contributed by atoms with Crippen molar-refractivity contribution in [3.8, 4) is 0 Å². The summed E-state index contributed by atoms with van der Waals surface area (Å²) in [7, 11) is 0. The number of para-hydroxylation sites is 1. The third-order valence-electron chi connectivity index (χ3n) is 4.32. The average molecular weight is 328 g/mol. The zero-order chi connectivity index (χ0) is 16.9. The normalized spacial score (nSPS) is 11.0. The van der Waals surface area contributed by atoms with Gasteiger partial charge >= 0.3 is 0 Å². The monoisotopic (exact) mass is 328 g/mol. The summed E-state index contributed by atoms with van der Waals surface area (Å²) in [5.74, 6) is 0. The van der Waals surface area contributed by atoms with Gasteiger partial charge in [0.2, 0.25) is 0 Å². The Bertz CT molecular complexity index is 565. The SMILES string of the molecule is CCCCOCCCCCCCCNc1ccnc2ccccc12. The highest BCUT2D eigenvalue weighted by Gasteiger charge is 2.00. The van der Waals surface area contributed by atoms with Crippen LogP contribution in [0.3, 0.4) is 0 Å². The van der Waals surface area contributed by atoms with Gasteiger partial charge in [0.1, 0.15) is 0 Å². The molecule has 1 N–H and O–H groups in total. The second-order valence-electron chi connectivity index (χ2n) is 6.39. The summed E-state index contributed by atoms with van der Waals surface area (Å²) >= 11 is 0. The number of hydrogen-bond acceptors (Lipinski definition) is 3. The lowest BCUT2D eigenvalue weighted by Gasteiger charge is -2.09. The van der Waals surface area contributed by atoms with E-state index in [0.717, 1.165) is 25.3 Å². The van der Waals surface area contributed by atoms with Crippen LogP contribution in [-0.4, -0.2) is 24.7 Å². The molecule has 0 saturated heterocycles. The van der Waals surface area contributed by atoms with Crippen LogP contribution in [0, 0.1) is 0 Å². The first-order chi connectivity index (χ1) is 11.9. The highest BCUT2D eigenvalue weighted by atomic mass is 16.5. The van der Waals surface area contributed by atoms with Gasteiger partial charge in [0, 0.05) is 37.0 Å². The number of rotatable bonds is 13. The van der Waals surface area contributed by atoms with Crippen LogP contribution in [0.4, 0.5) is 5.69 Å². The molecule has 0 fully saturated rings. The van der Waals surface area contributed by atoms with Gasteiger partial charge in [0.05, 0.1) is 5.52 Å². The van der Waals surface area contributed by atoms with E-state index in [4.69, 9.17) is 4.74 Å². The van der Waals surface area contributed by atoms with E-state index in [1.807, 2.05) is 12.3 Å². The number of ether oxygens (including phenoxy) is 1. The molecule has 0 aliphatic carbocycles. The van der Waals surface area contributed by atoms with Crippen molar-refractivity contribution in [3.63, 3.8) is 0 Å². The minimum Gasteiger partial charge on any atom is -0.384 e. The molecule has 1 heterocycles. The predicted octanol–water partition coefficient (Wildman–Crippen LogP) is 5.80. The lowest BCUT2D eigenvalue weighted by atomic mass is 10.1. The summed E-state index contributed by atoms with van der Waals surface area (Å²) in [6, 6.07) is 10.4. The molecule has 0 unspecified atom stereocenters. The van der Waals surface area contributed by atoms with Crippen molar-refractivity contribution in [3.05, 3.63) is 36.5 Å². The van der Waals surface area contributed by atoms with Crippen molar-refractivity contribution in [2.75, 3.05) is 25.1 Å². The van der Waals surface area contributed by atoms with Gasteiger partial charge in [-0.15, -0.1) is 0 Å². The third kappa shape index (κ3) is 6.88. The van der Waals surface area contributed by atoms with Crippen LogP contribution < -0.4 is 5.32 Å². The fourth-order valence-electron chi connectivity index (χ4n) is 2.86. The number of hydrogen-bond donors (Lipinski definition) is 1. The van der Waals surface area contributed by atoms with Gasteiger partial charge in [0.15, 0.2) is 0 Å². The van der Waals surface area contributed by atoms with E-state index >= 15 is 0 Å². The van der Waals surface area contributed by atoms with Crippen molar-refractivity contribution in [2.45, 2.75) is 58.3 Å². The Labute approximate surface area is 146 Å². The summed E-state index contributed by atoms with van der Waals surface area (Å²) in [5.41, 5.74) is 2.26. The second kappa shape index (κ2) is 11.9. The quantitative estimate of drug-likeness (QED) is 0.472. The third-order valence-corrected chi connectivity index (χ3v) is 4.32. The molecule has 132 valence electrons. The first-order valence-corrected chi connectivity index (χ1v) is 9.57. The van der Waals surface area contributed by atoms with Crippen LogP contribution in [0.2, 0.25) is 0 Å². The van der Waals surface area contributed by atoms with E-state index < -0.39 is 0 Å². The summed E-state index contributed by atoms with van der Waals surface area (Å²) in [5, 5.41) is 4.77. The Balaban J connectivity index is 1.49. The summed E-state index contributed by atoms with van der Waals surface area (Å²) in [6.45, 7) is 5.12. The standard InChI is InChI=1S/C21H32N2O/c1-2-3-17-24-18-11-7-5-4-6-10-15-22-21-14-16-23-20-13-9-8-12-19(20)21/h8-9,12-14,16H,2-7,10-11,15,17-18H2,1H3,(H,22,23). The number of anilines is 1. The van der Waals surface area contributed by atoms with Gasteiger partial charge in [-0.05, 0) is 31.4 Å². The zero-order valence-corrected chi connectivity index (χ0v) is 15.1. The van der Waals surface area contributed by atoms with Crippen LogP contribution in [0.5, 0.6) is 0 Å². The van der Waals surface area contributed by atoms with Gasteiger partial charge in [-0.25, -0.2) is 0 Å². The van der Waals surface area contributed by atoms with E-state index in [1.54, 1.807) is 0 Å². The number of unbranched alkanes of at least 4 members (excludes halogenated alkanes) is 6. The highest BCUT2D eigenvalue weighted by molar-refractivity contribution is 5.90. The van der Waals surface area contributed by atoms with E-state index in [0.29, 0.717) is 0 Å². The highest BCUT2D eigenvalue weighted by Crippen LogP contribution is 2.20. The molecule has 3 heteroatoms. The molecule has 1 aromatic heterocycles. The van der Waals surface area contributed by atoms with Crippen molar-refractivity contribution >= 4 is 16.6 Å². The number of pyridine rings is 1. The first-order valence-electron chi connectivity index (χ1n) is 9.57. The molecule has 1 aromatic carbocycles. The largest absolute Gasteiger partial charge is 0.384 e. The van der Waals surface area contributed by atoms with Crippen molar-refractivity contribution in [1.82, 2.24) is 4.98 Å². The predicted molar refractivity (Wildman–Crippen MR) is 104 cm³/mol. The van der Waals surface area contributed by atoms with Crippen molar-refractivity contribution in [1.29, 1.82) is 0 Å². The summed E-state index contributed by atoms with van der Waals surface area (Å²) in [4.78, 5) is 4.40. The van der Waals surface area contributed by atoms with Crippen LogP contribution in [0.1, 0.15) is 58.3 Å². The molecular weight excluding hydrogens is 296 g/mol. The molecule has 0 atom stereocenters. The topological polar surface area (TPSA) is 34.1 Å². The van der Waals surface area contributed by atoms with Crippen LogP contribution in [0.15, 0.2) is 36.5 Å². The molecule has 0 spiro atoms. The molecular formula is C21H32N2O. The minimum absolute atomic E-state index is 0.936. The fraction of sp³-hybridized carbons (Fsp3) is 0.571. The van der Waals surface area contributed by atoms with Gasteiger partial charge in [-0.2, -0.15) is 0 Å². The Morgan fingerprint density at radius 3 is 2.50 bits per heavy atom. The molecule has 0 aliphatic rings. The number of nitrogens with zero attached hydrogens (tertiary/aromatic N) is 1. The molecule has 24 heavy (non-hydrogen) atoms. The van der Waals surface area contributed by atoms with Crippen LogP contribution in [-0.2, 0) is 4.74 Å². The molecule has 0 aliphatic heterocycles. The fourth-order valence-corrected chi connectivity index (χ4v) is 2.86. The van der Waals surface area contributed by atoms with Gasteiger partial charge in [-0.1, -0.05) is 57.2 Å². The van der Waals surface area contributed by atoms with E-state index in [2.05, 4.69) is 41.5 Å². The van der Waals surface area contributed by atoms with E-state index in [9.17, 15) is 0 Å². The Kier molecular flexibility index (Phi) is 9.25. The molecule has 0 saturated carbocycles. The lowest BCUT2D eigenvalue weighted by Crippen LogP contribution is -2.02. The van der Waals surface area contributed by atoms with Crippen molar-refractivity contribution in [2.24, 2.45) is 0 Å². The number of aromatic nitrogens is 1. The Morgan fingerprint density at radius 2 is 1.62 bits per heavy atom. The minimum atomic E-state index is 0.936. The maximum Gasteiger partial charge on any atom is 0.0722 e. The van der Waals surface area contributed by atoms with Crippen molar-refractivity contribution < 1.29 is 4.74 Å². The van der Waals surface area contributed by atoms with Gasteiger partial charge in [-0.3, -0.25) is 4.98 Å². The lowest BCUT2D eigenvalue weighted by molar-refractivity contribution is 0.127. The zero-order valence-electron chi connectivity index (χ0n) is 15.1. The average Bonchev–Trinajstić information content (AvgIpc) is 2.63. The molecule has 2 rings (SSSR count). The molecule has 0 amide bonds. The first kappa shape index (κ1) is 18.7. The van der Waals surface area contributed by atoms with E-state index in [1.165, 1.54) is 62.4 Å². The summed E-state index contributed by atoms with van der Waals surface area (Å²) < 4.78 is 5.59. The number of nitrogens with one attached hydrogen (secondary N) is 1. The number of benzene rings is 1. The Hall–Kier alpha value is -1.61. The van der Waals surface area contributed by atoms with Crippen LogP contribution in [0.25, 0.3) is 10.9 Å². The van der Waals surface area contributed by atoms with Gasteiger partial charge in [0.25, 0.3) is 0 Å². The second-order valence-corrected chi connectivity index (χ2v) is 6.39. The maximum atomic E-state index is 5.59. The summed E-state index contributed by atoms with van der Waals surface area (Å²) in [6.07, 6.45) is 12.0. The van der Waals surface area contributed by atoms with Crippen LogP contribution >= 0.6 is 0 Å². The molecule has 2 aromatic rings. The van der Waals surface area contributed by atoms with E-state index in [-0.39, 0.29) is 0 Å². The number of fused-ring (bicyclic) bond motifs is 1. The molecule has 3 nitrogen and oxygen atoms in total. The Morgan fingerprint density at radius 1 is 0.875 bits per heavy atom. The maximum absolute atomic E-state index is 5.59.